The summed E-state index contributed by atoms with van der Waals surface area (Å²) in [5.41, 5.74) is 5.52. The fraction of sp³-hybridized carbons (Fsp3) is 0.200. The van der Waals surface area contributed by atoms with Gasteiger partial charge in [-0.1, -0.05) is 90.5 Å². The quantitative estimate of drug-likeness (QED) is 0.284. The molecule has 1 atom stereocenters. The monoisotopic (exact) mass is 704 g/mol. The van der Waals surface area contributed by atoms with Crippen molar-refractivity contribution in [2.75, 3.05) is 40.6 Å². The summed E-state index contributed by atoms with van der Waals surface area (Å²) in [7, 11) is -6.75. The lowest BCUT2D eigenvalue weighted by atomic mass is 10.0. The number of carbonyl (C=O) groups excluding carboxylic acids is 2. The molecule has 4 aromatic rings. The van der Waals surface area contributed by atoms with Crippen molar-refractivity contribution in [2.24, 2.45) is 9.98 Å². The second-order valence-electron chi connectivity index (χ2n) is 11.4. The Morgan fingerprint density at radius 1 is 0.688 bits per heavy atom. The van der Waals surface area contributed by atoms with Gasteiger partial charge in [-0.3, -0.25) is 29.4 Å². The number of benzene rings is 4. The number of carbonyl (C=O) groups is 2. The highest BCUT2D eigenvalue weighted by Crippen LogP contribution is 2.31. The van der Waals surface area contributed by atoms with Gasteiger partial charge in [0.2, 0.25) is 5.91 Å². The Bertz CT molecular complexity index is 2140. The van der Waals surface area contributed by atoms with Gasteiger partial charge in [0, 0.05) is 39.8 Å². The highest BCUT2D eigenvalue weighted by molar-refractivity contribution is 7.91. The van der Waals surface area contributed by atoms with Crippen molar-refractivity contribution < 1.29 is 26.4 Å². The summed E-state index contributed by atoms with van der Waals surface area (Å²) in [6.07, 6.45) is 2.22. The molecule has 248 valence electrons. The summed E-state index contributed by atoms with van der Waals surface area (Å²) in [4.78, 5) is 36.7. The number of rotatable bonds is 6. The van der Waals surface area contributed by atoms with Gasteiger partial charge in [-0.05, 0) is 31.2 Å². The van der Waals surface area contributed by atoms with E-state index in [0.29, 0.717) is 33.4 Å². The number of amides is 2. The van der Waals surface area contributed by atoms with Crippen LogP contribution >= 0.6 is 11.6 Å². The van der Waals surface area contributed by atoms with E-state index in [1.54, 1.807) is 37.3 Å². The van der Waals surface area contributed by atoms with Gasteiger partial charge >= 0.3 is 0 Å². The van der Waals surface area contributed by atoms with Gasteiger partial charge in [0.15, 0.2) is 19.7 Å². The molecule has 0 bridgehead atoms. The van der Waals surface area contributed by atoms with E-state index >= 15 is 0 Å². The van der Waals surface area contributed by atoms with Crippen LogP contribution in [0.3, 0.4) is 0 Å². The van der Waals surface area contributed by atoms with Crippen molar-refractivity contribution >= 4 is 65.9 Å². The number of para-hydroxylation sites is 1. The molecule has 0 spiro atoms. The van der Waals surface area contributed by atoms with Crippen molar-refractivity contribution in [3.63, 3.8) is 0 Å². The molecule has 0 saturated carbocycles. The molecule has 2 aliphatic rings. The van der Waals surface area contributed by atoms with Crippen molar-refractivity contribution in [1.82, 2.24) is 0 Å². The molecule has 1 unspecified atom stereocenters. The minimum atomic E-state index is -3.41. The van der Waals surface area contributed by atoms with Crippen LogP contribution in [0.2, 0.25) is 5.02 Å². The average Bonchev–Trinajstić information content (AvgIpc) is 3.24. The van der Waals surface area contributed by atoms with Gasteiger partial charge in [0.1, 0.15) is 24.3 Å². The van der Waals surface area contributed by atoms with Crippen LogP contribution in [-0.4, -0.2) is 76.9 Å². The Hall–Kier alpha value is -4.65. The fourth-order valence-corrected chi connectivity index (χ4v) is 7.03. The van der Waals surface area contributed by atoms with Gasteiger partial charge in [0.25, 0.3) is 5.91 Å². The third kappa shape index (κ3) is 8.25. The molecule has 0 fully saturated rings. The molecule has 10 nitrogen and oxygen atoms in total. The van der Waals surface area contributed by atoms with Crippen LogP contribution in [-0.2, 0) is 29.3 Å². The Morgan fingerprint density at radius 3 is 1.81 bits per heavy atom. The molecule has 2 amide bonds. The first-order valence-corrected chi connectivity index (χ1v) is 19.3. The first-order valence-electron chi connectivity index (χ1n) is 14.8. The number of nitrogens with zero attached hydrogens (tertiary/aromatic N) is 4. The van der Waals surface area contributed by atoms with Crippen LogP contribution in [0.1, 0.15) is 29.2 Å². The molecule has 48 heavy (non-hydrogen) atoms. The maximum atomic E-state index is 12.8. The van der Waals surface area contributed by atoms with Crippen LogP contribution in [0.4, 0.5) is 11.4 Å². The standard InChI is InChI=1S/C18H17ClN2O3S.C17H16N2O3S/c1-12-18(22)21(11-25(2,23)24)16-9-8-14(19)10-15(16)17(20-12)13-6-4-3-5-7-13;1-23(21,22)12-19-15-10-6-5-9-14(15)17(18-11-16(19)20)13-7-3-2-4-8-13/h3-10,12H,11H2,1-2H3;2-10H,11-12H2,1H3. The number of sulfone groups is 2. The molecule has 6 rings (SSSR count). The van der Waals surface area contributed by atoms with Gasteiger partial charge < -0.3 is 0 Å². The second kappa shape index (κ2) is 14.2. The first-order chi connectivity index (χ1) is 22.7. The molecular weight excluding hydrogens is 672 g/mol. The molecule has 0 radical (unpaired) electrons. The highest BCUT2D eigenvalue weighted by atomic mass is 35.5. The zero-order chi connectivity index (χ0) is 34.6. The van der Waals surface area contributed by atoms with Crippen molar-refractivity contribution in [3.05, 3.63) is 130 Å². The summed E-state index contributed by atoms with van der Waals surface area (Å²) >= 11 is 6.16. The lowest BCUT2D eigenvalue weighted by Gasteiger charge is -2.23. The van der Waals surface area contributed by atoms with E-state index in [9.17, 15) is 26.4 Å². The minimum Gasteiger partial charge on any atom is -0.295 e. The lowest BCUT2D eigenvalue weighted by molar-refractivity contribution is -0.119. The molecule has 2 aliphatic heterocycles. The first kappa shape index (κ1) is 34.7. The number of benzodiazepines with no additional fused rings is 2. The van der Waals surface area contributed by atoms with E-state index in [1.807, 2.05) is 72.8 Å². The summed E-state index contributed by atoms with van der Waals surface area (Å²) < 4.78 is 47.0. The SMILES string of the molecule is CC1N=C(c2ccccc2)c2cc(Cl)ccc2N(CS(C)(=O)=O)C1=O.CS(=O)(=O)CN1C(=O)CN=C(c2ccccc2)c2ccccc21. The molecule has 0 aliphatic carbocycles. The van der Waals surface area contributed by atoms with Crippen molar-refractivity contribution in [2.45, 2.75) is 13.0 Å². The van der Waals surface area contributed by atoms with E-state index < -0.39 is 31.6 Å². The van der Waals surface area contributed by atoms with Crippen LogP contribution in [0, 0.1) is 0 Å². The molecule has 0 saturated heterocycles. The Kier molecular flexibility index (Phi) is 10.3. The minimum absolute atomic E-state index is 0.0750. The smallest absolute Gasteiger partial charge is 0.252 e. The maximum Gasteiger partial charge on any atom is 0.252 e. The van der Waals surface area contributed by atoms with Gasteiger partial charge in [0.05, 0.1) is 22.8 Å². The third-order valence-electron chi connectivity index (χ3n) is 7.40. The van der Waals surface area contributed by atoms with E-state index in [1.165, 1.54) is 9.80 Å². The zero-order valence-electron chi connectivity index (χ0n) is 26.4. The second-order valence-corrected chi connectivity index (χ2v) is 16.1. The normalized spacial score (nSPS) is 16.4. The number of fused-ring (bicyclic) bond motifs is 2. The molecule has 13 heteroatoms. The molecular formula is C35H33ClN4O6S2. The summed E-state index contributed by atoms with van der Waals surface area (Å²) in [6, 6.07) is 30.6. The third-order valence-corrected chi connectivity index (χ3v) is 9.09. The molecule has 4 aromatic carbocycles. The van der Waals surface area contributed by atoms with Crippen LogP contribution in [0.25, 0.3) is 0 Å². The molecule has 0 N–H and O–H groups in total. The van der Waals surface area contributed by atoms with Crippen LogP contribution in [0.5, 0.6) is 0 Å². The largest absolute Gasteiger partial charge is 0.295 e. The summed E-state index contributed by atoms with van der Waals surface area (Å²) in [5.74, 6) is -1.43. The number of halogens is 1. The maximum absolute atomic E-state index is 12.8. The zero-order valence-corrected chi connectivity index (χ0v) is 28.8. The van der Waals surface area contributed by atoms with Gasteiger partial charge in [-0.15, -0.1) is 0 Å². The van der Waals surface area contributed by atoms with Gasteiger partial charge in [-0.25, -0.2) is 16.8 Å². The van der Waals surface area contributed by atoms with E-state index in [0.717, 1.165) is 29.2 Å². The van der Waals surface area contributed by atoms with Gasteiger partial charge in [-0.2, -0.15) is 0 Å². The molecule has 2 heterocycles. The number of anilines is 2. The summed E-state index contributed by atoms with van der Waals surface area (Å²) in [6.45, 7) is 1.59. The number of hydrogen-bond donors (Lipinski definition) is 0. The predicted molar refractivity (Wildman–Crippen MR) is 191 cm³/mol. The lowest BCUT2D eigenvalue weighted by Crippen LogP contribution is -2.40. The summed E-state index contributed by atoms with van der Waals surface area (Å²) in [5, 5.41) is 0.490. The van der Waals surface area contributed by atoms with Crippen molar-refractivity contribution in [1.29, 1.82) is 0 Å². The van der Waals surface area contributed by atoms with Crippen molar-refractivity contribution in [3.8, 4) is 0 Å². The topological polar surface area (TPSA) is 134 Å². The van der Waals surface area contributed by atoms with E-state index in [2.05, 4.69) is 9.98 Å². The molecule has 0 aromatic heterocycles. The Morgan fingerprint density at radius 2 is 1.21 bits per heavy atom. The number of hydrogen-bond acceptors (Lipinski definition) is 8. The van der Waals surface area contributed by atoms with E-state index in [4.69, 9.17) is 11.6 Å². The number of aliphatic imine (C=N–C) groups is 2. The van der Waals surface area contributed by atoms with E-state index in [-0.39, 0.29) is 24.2 Å². The highest BCUT2D eigenvalue weighted by Gasteiger charge is 2.32. The fourth-order valence-electron chi connectivity index (χ4n) is 5.37. The predicted octanol–water partition coefficient (Wildman–Crippen LogP) is 4.79. The van der Waals surface area contributed by atoms with Crippen LogP contribution in [0.15, 0.2) is 113 Å². The van der Waals surface area contributed by atoms with Crippen LogP contribution < -0.4 is 9.80 Å². The average molecular weight is 705 g/mol. The Balaban J connectivity index is 0.000000188. The Labute approximate surface area is 285 Å².